The minimum atomic E-state index is -3.04. The summed E-state index contributed by atoms with van der Waals surface area (Å²) in [5.41, 5.74) is 6.13. The first-order valence-corrected chi connectivity index (χ1v) is 7.55. The fraction of sp³-hybridized carbons (Fsp3) is 0.600. The van der Waals surface area contributed by atoms with Crippen molar-refractivity contribution < 1.29 is 8.42 Å². The van der Waals surface area contributed by atoms with Crippen LogP contribution in [0.5, 0.6) is 0 Å². The Morgan fingerprint density at radius 2 is 2.13 bits per heavy atom. The van der Waals surface area contributed by atoms with Crippen molar-refractivity contribution in [2.45, 2.75) is 25.8 Å². The molecule has 0 amide bonds. The van der Waals surface area contributed by atoms with Crippen molar-refractivity contribution in [3.63, 3.8) is 0 Å². The van der Waals surface area contributed by atoms with Crippen LogP contribution in [0.1, 0.15) is 19.4 Å². The Labute approximate surface area is 95.2 Å². The normalized spacial score (nSPS) is 13.0. The monoisotopic (exact) mass is 247 g/mol. The lowest BCUT2D eigenvalue weighted by atomic mass is 10.1. The van der Waals surface area contributed by atoms with Crippen molar-refractivity contribution in [3.8, 4) is 0 Å². The molecule has 0 aliphatic rings. The lowest BCUT2D eigenvalue weighted by Gasteiger charge is -2.17. The minimum absolute atomic E-state index is 0.0458. The number of nitrogens with two attached hydrogens (primary N) is 1. The summed E-state index contributed by atoms with van der Waals surface area (Å²) in [4.78, 5) is 0. The molecule has 86 valence electrons. The van der Waals surface area contributed by atoms with Crippen LogP contribution < -0.4 is 5.73 Å². The third-order valence-corrected chi connectivity index (χ3v) is 4.62. The van der Waals surface area contributed by atoms with Gasteiger partial charge in [0.25, 0.3) is 0 Å². The highest BCUT2D eigenvalue weighted by atomic mass is 32.2. The average molecular weight is 247 g/mol. The second-order valence-corrected chi connectivity index (χ2v) is 7.43. The van der Waals surface area contributed by atoms with Gasteiger partial charge < -0.3 is 5.73 Å². The maximum Gasteiger partial charge on any atom is 0.152 e. The van der Waals surface area contributed by atoms with E-state index in [2.05, 4.69) is 0 Å². The fourth-order valence-electron chi connectivity index (χ4n) is 1.35. The average Bonchev–Trinajstić information content (AvgIpc) is 2.47. The van der Waals surface area contributed by atoms with E-state index in [1.165, 1.54) is 0 Å². The molecular formula is C10H17NO2S2. The summed E-state index contributed by atoms with van der Waals surface area (Å²) in [6.45, 7) is 3.46. The first-order chi connectivity index (χ1) is 6.79. The van der Waals surface area contributed by atoms with Gasteiger partial charge in [0.2, 0.25) is 0 Å². The zero-order valence-corrected chi connectivity index (χ0v) is 10.7. The molecule has 0 saturated carbocycles. The molecule has 1 heterocycles. The van der Waals surface area contributed by atoms with E-state index in [1.807, 2.05) is 16.8 Å². The van der Waals surface area contributed by atoms with E-state index < -0.39 is 15.4 Å². The summed E-state index contributed by atoms with van der Waals surface area (Å²) in [7, 11) is -3.04. The first kappa shape index (κ1) is 12.7. The van der Waals surface area contributed by atoms with Crippen molar-refractivity contribution in [1.29, 1.82) is 0 Å². The number of aryl methyl sites for hydroxylation is 1. The van der Waals surface area contributed by atoms with Crippen LogP contribution >= 0.6 is 11.3 Å². The fourth-order valence-corrected chi connectivity index (χ4v) is 3.87. The molecule has 2 N–H and O–H groups in total. The lowest BCUT2D eigenvalue weighted by Crippen LogP contribution is -2.40. The van der Waals surface area contributed by atoms with Gasteiger partial charge in [0.15, 0.2) is 9.84 Å². The van der Waals surface area contributed by atoms with Crippen LogP contribution in [-0.4, -0.2) is 25.5 Å². The molecule has 0 aromatic carbocycles. The van der Waals surface area contributed by atoms with Crippen molar-refractivity contribution >= 4 is 21.2 Å². The van der Waals surface area contributed by atoms with E-state index >= 15 is 0 Å². The molecule has 0 bridgehead atoms. The number of hydrogen-bond acceptors (Lipinski definition) is 4. The van der Waals surface area contributed by atoms with Gasteiger partial charge in [-0.15, -0.1) is 0 Å². The zero-order chi connectivity index (χ0) is 11.5. The van der Waals surface area contributed by atoms with Gasteiger partial charge in [-0.05, 0) is 42.7 Å². The Morgan fingerprint density at radius 1 is 1.47 bits per heavy atom. The summed E-state index contributed by atoms with van der Waals surface area (Å²) >= 11 is 1.58. The topological polar surface area (TPSA) is 60.2 Å². The van der Waals surface area contributed by atoms with E-state index in [-0.39, 0.29) is 11.5 Å². The maximum absolute atomic E-state index is 11.7. The van der Waals surface area contributed by atoms with E-state index in [4.69, 9.17) is 5.73 Å². The number of rotatable bonds is 5. The Bertz CT molecular complexity index is 388. The predicted molar refractivity (Wildman–Crippen MR) is 64.9 cm³/mol. The van der Waals surface area contributed by atoms with E-state index in [0.29, 0.717) is 6.42 Å². The maximum atomic E-state index is 11.7. The van der Waals surface area contributed by atoms with Gasteiger partial charge in [0.05, 0.1) is 11.5 Å². The van der Waals surface area contributed by atoms with Gasteiger partial charge in [-0.3, -0.25) is 0 Å². The molecule has 0 spiro atoms. The minimum Gasteiger partial charge on any atom is -0.325 e. The highest BCUT2D eigenvalue weighted by Gasteiger charge is 2.21. The molecule has 0 atom stereocenters. The van der Waals surface area contributed by atoms with Gasteiger partial charge in [0.1, 0.15) is 0 Å². The number of sulfone groups is 1. The molecule has 1 rings (SSSR count). The summed E-state index contributed by atoms with van der Waals surface area (Å²) < 4.78 is 23.3. The molecule has 0 saturated heterocycles. The van der Waals surface area contributed by atoms with Crippen molar-refractivity contribution in [1.82, 2.24) is 0 Å². The van der Waals surface area contributed by atoms with E-state index in [1.54, 1.807) is 25.2 Å². The molecule has 0 aliphatic heterocycles. The summed E-state index contributed by atoms with van der Waals surface area (Å²) in [5.74, 6) is 0.231. The smallest absolute Gasteiger partial charge is 0.152 e. The van der Waals surface area contributed by atoms with Crippen LogP contribution in [-0.2, 0) is 16.3 Å². The van der Waals surface area contributed by atoms with E-state index in [9.17, 15) is 8.42 Å². The second kappa shape index (κ2) is 4.63. The Kier molecular flexibility index (Phi) is 3.92. The van der Waals surface area contributed by atoms with Gasteiger partial charge in [-0.2, -0.15) is 11.3 Å². The summed E-state index contributed by atoms with van der Waals surface area (Å²) in [6, 6.07) is 1.95. The molecule has 0 radical (unpaired) electrons. The summed E-state index contributed by atoms with van der Waals surface area (Å²) in [5, 5.41) is 3.93. The van der Waals surface area contributed by atoms with Crippen LogP contribution in [0.2, 0.25) is 0 Å². The SMILES string of the molecule is CC(C)(N)CS(=O)(=O)CCc1ccsc1. The Hall–Kier alpha value is -0.390. The highest BCUT2D eigenvalue weighted by molar-refractivity contribution is 7.91. The van der Waals surface area contributed by atoms with Crippen LogP contribution in [0.3, 0.4) is 0 Å². The van der Waals surface area contributed by atoms with Crippen LogP contribution in [0, 0.1) is 0 Å². The molecule has 1 aromatic heterocycles. The third-order valence-electron chi connectivity index (χ3n) is 1.87. The molecule has 5 heteroatoms. The molecular weight excluding hydrogens is 230 g/mol. The molecule has 15 heavy (non-hydrogen) atoms. The number of hydrogen-bond donors (Lipinski definition) is 1. The Morgan fingerprint density at radius 3 is 2.60 bits per heavy atom. The van der Waals surface area contributed by atoms with Gasteiger partial charge in [-0.1, -0.05) is 0 Å². The molecule has 3 nitrogen and oxygen atoms in total. The van der Waals surface area contributed by atoms with E-state index in [0.717, 1.165) is 5.56 Å². The molecule has 0 fully saturated rings. The number of thiophene rings is 1. The van der Waals surface area contributed by atoms with Crippen molar-refractivity contribution in [3.05, 3.63) is 22.4 Å². The first-order valence-electron chi connectivity index (χ1n) is 4.79. The van der Waals surface area contributed by atoms with Crippen LogP contribution in [0.15, 0.2) is 16.8 Å². The predicted octanol–water partition coefficient (Wildman–Crippen LogP) is 1.44. The largest absolute Gasteiger partial charge is 0.325 e. The molecule has 1 aromatic rings. The third kappa shape index (κ3) is 5.30. The van der Waals surface area contributed by atoms with Gasteiger partial charge in [-0.25, -0.2) is 8.42 Å². The molecule has 0 aliphatic carbocycles. The van der Waals surface area contributed by atoms with Gasteiger partial charge in [0, 0.05) is 5.54 Å². The molecule has 0 unspecified atom stereocenters. The lowest BCUT2D eigenvalue weighted by molar-refractivity contribution is 0.544. The summed E-state index contributed by atoms with van der Waals surface area (Å²) in [6.07, 6.45) is 0.585. The second-order valence-electron chi connectivity index (χ2n) is 4.46. The quantitative estimate of drug-likeness (QED) is 0.856. The van der Waals surface area contributed by atoms with Crippen LogP contribution in [0.25, 0.3) is 0 Å². The van der Waals surface area contributed by atoms with Crippen molar-refractivity contribution in [2.24, 2.45) is 5.73 Å². The highest BCUT2D eigenvalue weighted by Crippen LogP contribution is 2.10. The zero-order valence-electron chi connectivity index (χ0n) is 9.06. The standard InChI is InChI=1S/C10H17NO2S2/c1-10(2,11)8-15(12,13)6-4-9-3-5-14-7-9/h3,5,7H,4,6,8,11H2,1-2H3. The van der Waals surface area contributed by atoms with Crippen molar-refractivity contribution in [2.75, 3.05) is 11.5 Å². The van der Waals surface area contributed by atoms with Gasteiger partial charge >= 0.3 is 0 Å². The van der Waals surface area contributed by atoms with Crippen LogP contribution in [0.4, 0.5) is 0 Å². The Balaban J connectivity index is 2.51.